The van der Waals surface area contributed by atoms with E-state index in [1.54, 1.807) is 4.90 Å². The van der Waals surface area contributed by atoms with Gasteiger partial charge in [0.25, 0.3) is 0 Å². The molecule has 3 aliphatic heterocycles. The number of pyridine rings is 1. The second-order valence-corrected chi connectivity index (χ2v) is 11.2. The lowest BCUT2D eigenvalue weighted by Gasteiger charge is -2.31. The van der Waals surface area contributed by atoms with Gasteiger partial charge in [0.05, 0.1) is 24.0 Å². The maximum atomic E-state index is 13.0. The first kappa shape index (κ1) is 25.9. The third-order valence-electron chi connectivity index (χ3n) is 8.40. The molecule has 2 amide bonds. The van der Waals surface area contributed by atoms with Crippen LogP contribution in [0.2, 0.25) is 0 Å². The van der Waals surface area contributed by atoms with Crippen LogP contribution in [0.5, 0.6) is 0 Å². The number of amides is 2. The lowest BCUT2D eigenvalue weighted by atomic mass is 9.90. The number of piperidine rings is 1. The number of urea groups is 1. The summed E-state index contributed by atoms with van der Waals surface area (Å²) in [4.78, 5) is 26.1. The van der Waals surface area contributed by atoms with Crippen molar-refractivity contribution in [1.29, 1.82) is 0 Å². The van der Waals surface area contributed by atoms with Crippen molar-refractivity contribution in [2.24, 2.45) is 0 Å². The molecule has 0 saturated carbocycles. The van der Waals surface area contributed by atoms with Crippen LogP contribution in [0, 0.1) is 0 Å². The summed E-state index contributed by atoms with van der Waals surface area (Å²) < 4.78 is 0. The number of carbonyl (C=O) groups is 1. The first-order valence-electron chi connectivity index (χ1n) is 14.1. The normalized spacial score (nSPS) is 20.0. The molecule has 1 aromatic carbocycles. The van der Waals surface area contributed by atoms with Crippen molar-refractivity contribution in [3.8, 4) is 0 Å². The number of β-amino-alcohol motifs (C(OH)–C–C–N with tert-alkyl or cyclic N) is 1. The number of nitrogens with zero attached hydrogens (tertiary/aromatic N) is 7. The first-order valence-corrected chi connectivity index (χ1v) is 14.1. The van der Waals surface area contributed by atoms with Crippen LogP contribution in [0.4, 0.5) is 4.79 Å². The maximum absolute atomic E-state index is 13.0. The summed E-state index contributed by atoms with van der Waals surface area (Å²) in [6.07, 6.45) is 6.50. The molecule has 0 spiro atoms. The molecule has 0 bridgehead atoms. The molecule has 2 saturated heterocycles. The number of benzene rings is 1. The van der Waals surface area contributed by atoms with Gasteiger partial charge in [0.15, 0.2) is 0 Å². The Labute approximate surface area is 229 Å². The van der Waals surface area contributed by atoms with Crippen LogP contribution in [0.1, 0.15) is 46.8 Å². The number of aliphatic hydroxyl groups excluding tert-OH is 1. The number of nitrogens with one attached hydrogen (secondary N) is 1. The fourth-order valence-electron chi connectivity index (χ4n) is 6.19. The van der Waals surface area contributed by atoms with Crippen LogP contribution in [0.25, 0.3) is 0 Å². The summed E-state index contributed by atoms with van der Waals surface area (Å²) >= 11 is 0. The fourth-order valence-corrected chi connectivity index (χ4v) is 6.19. The van der Waals surface area contributed by atoms with E-state index in [-0.39, 0.29) is 6.03 Å². The Balaban J connectivity index is 0.947. The molecule has 39 heavy (non-hydrogen) atoms. The zero-order chi connectivity index (χ0) is 26.6. The monoisotopic (exact) mass is 530 g/mol. The van der Waals surface area contributed by atoms with Gasteiger partial charge in [-0.05, 0) is 61.0 Å². The van der Waals surface area contributed by atoms with Crippen LogP contribution in [-0.2, 0) is 26.1 Å². The number of carbonyl (C=O) groups excluding carboxylic acids is 1. The Morgan fingerprint density at radius 1 is 0.897 bits per heavy atom. The first-order chi connectivity index (χ1) is 19.1. The summed E-state index contributed by atoms with van der Waals surface area (Å²) in [7, 11) is 0. The number of likely N-dealkylation sites (tertiary alicyclic amines) is 1. The molecule has 2 aromatic heterocycles. The maximum Gasteiger partial charge on any atom is 0.320 e. The number of rotatable bonds is 9. The van der Waals surface area contributed by atoms with Crippen LogP contribution < -0.4 is 0 Å². The van der Waals surface area contributed by atoms with Gasteiger partial charge in [-0.15, -0.1) is 5.10 Å². The van der Waals surface area contributed by atoms with Crippen LogP contribution in [-0.4, -0.2) is 103 Å². The van der Waals surface area contributed by atoms with Crippen LogP contribution in [0.3, 0.4) is 0 Å². The Morgan fingerprint density at radius 2 is 1.72 bits per heavy atom. The third kappa shape index (κ3) is 6.29. The molecular weight excluding hydrogens is 492 g/mol. The highest BCUT2D eigenvalue weighted by Crippen LogP contribution is 2.28. The molecule has 10 nitrogen and oxygen atoms in total. The number of aliphatic hydroxyl groups is 1. The van der Waals surface area contributed by atoms with Crippen LogP contribution >= 0.6 is 0 Å². The highest BCUT2D eigenvalue weighted by atomic mass is 16.3. The Hall–Kier alpha value is -3.34. The van der Waals surface area contributed by atoms with Crippen molar-refractivity contribution in [3.05, 3.63) is 76.9 Å². The van der Waals surface area contributed by atoms with Crippen molar-refractivity contribution in [3.63, 3.8) is 0 Å². The summed E-state index contributed by atoms with van der Waals surface area (Å²) in [6.45, 7) is 7.47. The highest BCUT2D eigenvalue weighted by molar-refractivity contribution is 5.76. The number of H-pyrrole nitrogens is 1. The van der Waals surface area contributed by atoms with E-state index in [0.717, 1.165) is 63.4 Å². The molecule has 206 valence electrons. The van der Waals surface area contributed by atoms with E-state index in [1.807, 2.05) is 17.3 Å². The minimum Gasteiger partial charge on any atom is -0.390 e. The molecule has 10 heteroatoms. The van der Waals surface area contributed by atoms with Crippen molar-refractivity contribution in [2.75, 3.05) is 45.8 Å². The van der Waals surface area contributed by atoms with Crippen LogP contribution in [0.15, 0.2) is 48.8 Å². The predicted octanol–water partition coefficient (Wildman–Crippen LogP) is 2.24. The average Bonchev–Trinajstić information content (AvgIpc) is 3.59. The number of aromatic amines is 1. The van der Waals surface area contributed by atoms with Gasteiger partial charge in [-0.25, -0.2) is 4.79 Å². The SMILES string of the molecule is O=C1N(Cc2ccc(C3CCN(Cc4c[nH]nn4)CC3)cn2)CCN1CC(O)CN1CCc2ccccc2C1. The van der Waals surface area contributed by atoms with Crippen molar-refractivity contribution < 1.29 is 9.90 Å². The second kappa shape index (κ2) is 11.8. The van der Waals surface area contributed by atoms with Gasteiger partial charge in [0.2, 0.25) is 0 Å². The number of fused-ring (bicyclic) bond motifs is 1. The molecule has 2 N–H and O–H groups in total. The zero-order valence-electron chi connectivity index (χ0n) is 22.5. The minimum absolute atomic E-state index is 0.0107. The van der Waals surface area contributed by atoms with Gasteiger partial charge in [0.1, 0.15) is 0 Å². The molecule has 3 aliphatic rings. The molecule has 0 aliphatic carbocycles. The lowest BCUT2D eigenvalue weighted by molar-refractivity contribution is 0.0812. The quantitative estimate of drug-likeness (QED) is 0.437. The summed E-state index contributed by atoms with van der Waals surface area (Å²) in [5, 5.41) is 21.4. The van der Waals surface area contributed by atoms with Gasteiger partial charge < -0.3 is 14.9 Å². The average molecular weight is 531 g/mol. The van der Waals surface area contributed by atoms with E-state index >= 15 is 0 Å². The van der Waals surface area contributed by atoms with Crippen molar-refractivity contribution in [1.82, 2.24) is 40.0 Å². The van der Waals surface area contributed by atoms with Gasteiger partial charge in [-0.3, -0.25) is 19.9 Å². The van der Waals surface area contributed by atoms with E-state index in [4.69, 9.17) is 4.98 Å². The largest absolute Gasteiger partial charge is 0.390 e. The van der Waals surface area contributed by atoms with Gasteiger partial charge in [-0.2, -0.15) is 0 Å². The molecular formula is C29H38N8O2. The van der Waals surface area contributed by atoms with E-state index in [2.05, 4.69) is 61.6 Å². The Bertz CT molecular complexity index is 1230. The molecule has 3 aromatic rings. The van der Waals surface area contributed by atoms with E-state index in [9.17, 15) is 9.90 Å². The number of hydrogen-bond donors (Lipinski definition) is 2. The molecule has 2 fully saturated rings. The highest BCUT2D eigenvalue weighted by Gasteiger charge is 2.31. The van der Waals surface area contributed by atoms with E-state index in [0.29, 0.717) is 38.6 Å². The zero-order valence-corrected chi connectivity index (χ0v) is 22.5. The second-order valence-electron chi connectivity index (χ2n) is 11.2. The van der Waals surface area contributed by atoms with Crippen molar-refractivity contribution in [2.45, 2.75) is 50.9 Å². The van der Waals surface area contributed by atoms with E-state index < -0.39 is 6.10 Å². The predicted molar refractivity (Wildman–Crippen MR) is 147 cm³/mol. The summed E-state index contributed by atoms with van der Waals surface area (Å²) in [5.41, 5.74) is 5.91. The lowest BCUT2D eigenvalue weighted by Crippen LogP contribution is -2.43. The molecule has 0 radical (unpaired) electrons. The molecule has 1 unspecified atom stereocenters. The Kier molecular flexibility index (Phi) is 7.85. The summed E-state index contributed by atoms with van der Waals surface area (Å²) in [5.74, 6) is 0.513. The molecule has 1 atom stereocenters. The van der Waals surface area contributed by atoms with Gasteiger partial charge in [-0.1, -0.05) is 35.5 Å². The summed E-state index contributed by atoms with van der Waals surface area (Å²) in [6, 6.07) is 12.8. The fraction of sp³-hybridized carbons (Fsp3) is 0.517. The van der Waals surface area contributed by atoms with Gasteiger partial charge in [0, 0.05) is 58.2 Å². The molecule has 6 rings (SSSR count). The smallest absolute Gasteiger partial charge is 0.320 e. The standard InChI is InChI=1S/C29H38N8O2/c38-28(20-35-12-9-22-3-1-2-4-25(22)17-35)21-37-14-13-36(29(37)39)19-26-6-5-24(15-30-26)23-7-10-34(11-8-23)18-27-16-31-33-32-27/h1-6,15-16,23,28,38H,7-14,17-21H2,(H,31,32,33). The van der Waals surface area contributed by atoms with Crippen molar-refractivity contribution >= 4 is 6.03 Å². The van der Waals surface area contributed by atoms with E-state index in [1.165, 1.54) is 16.7 Å². The number of hydrogen-bond acceptors (Lipinski definition) is 7. The Morgan fingerprint density at radius 3 is 2.49 bits per heavy atom. The number of aromatic nitrogens is 4. The topological polar surface area (TPSA) is 105 Å². The third-order valence-corrected chi connectivity index (χ3v) is 8.40. The molecule has 5 heterocycles. The van der Waals surface area contributed by atoms with Gasteiger partial charge >= 0.3 is 6.03 Å². The minimum atomic E-state index is -0.557.